The molecule has 4 N–H and O–H groups in total. The number of aryl methyl sites for hydroxylation is 1. The van der Waals surface area contributed by atoms with Crippen LogP contribution < -0.4 is 20.1 Å². The fraction of sp³-hybridized carbons (Fsp3) is 0.444. The minimum atomic E-state index is -3.96. The molecule has 5 rings (SSSR count). The fourth-order valence-corrected chi connectivity index (χ4v) is 6.42. The van der Waals surface area contributed by atoms with Crippen molar-refractivity contribution < 1.29 is 18.3 Å². The molecular formula is C27H34N6O4S. The first kappa shape index (κ1) is 26.3. The minimum Gasteiger partial charge on any atom is -0.491 e. The highest BCUT2D eigenvalue weighted by atomic mass is 32.2. The molecule has 1 atom stereocenters. The molecule has 0 amide bonds. The average Bonchev–Trinajstić information content (AvgIpc) is 3.09. The van der Waals surface area contributed by atoms with Crippen molar-refractivity contribution in [3.8, 4) is 16.9 Å². The molecule has 0 radical (unpaired) electrons. The van der Waals surface area contributed by atoms with Crippen LogP contribution in [0.2, 0.25) is 0 Å². The van der Waals surface area contributed by atoms with E-state index in [9.17, 15) is 13.5 Å². The first-order valence-corrected chi connectivity index (χ1v) is 14.3. The number of benzene rings is 1. The van der Waals surface area contributed by atoms with Crippen molar-refractivity contribution in [3.63, 3.8) is 0 Å². The van der Waals surface area contributed by atoms with Crippen LogP contribution in [-0.4, -0.2) is 54.3 Å². The first-order chi connectivity index (χ1) is 18.1. The van der Waals surface area contributed by atoms with Crippen molar-refractivity contribution in [2.45, 2.75) is 57.5 Å². The van der Waals surface area contributed by atoms with Gasteiger partial charge in [-0.3, -0.25) is 0 Å². The van der Waals surface area contributed by atoms with Gasteiger partial charge in [-0.1, -0.05) is 19.9 Å². The lowest BCUT2D eigenvalue weighted by Gasteiger charge is -2.33. The molecule has 1 aromatic carbocycles. The Labute approximate surface area is 223 Å². The van der Waals surface area contributed by atoms with Crippen LogP contribution in [0.3, 0.4) is 0 Å². The van der Waals surface area contributed by atoms with Crippen molar-refractivity contribution in [3.05, 3.63) is 53.6 Å². The van der Waals surface area contributed by atoms with Crippen LogP contribution in [0.1, 0.15) is 44.0 Å². The summed E-state index contributed by atoms with van der Waals surface area (Å²) >= 11 is 0. The van der Waals surface area contributed by atoms with Crippen molar-refractivity contribution in [1.29, 1.82) is 0 Å². The Morgan fingerprint density at radius 1 is 1.21 bits per heavy atom. The SMILES string of the molecule is CC(CO)NS(=O)(=O)c1cc(-c2ccc3c(c2)CN(c2ncnc4c2CC(C)(C)CC4)CCO3)cnc1N. The molecule has 1 unspecified atom stereocenters. The molecule has 202 valence electrons. The third-order valence-electron chi connectivity index (χ3n) is 7.18. The van der Waals surface area contributed by atoms with E-state index >= 15 is 0 Å². The highest BCUT2D eigenvalue weighted by Crippen LogP contribution is 2.39. The second-order valence-corrected chi connectivity index (χ2v) is 12.6. The van der Waals surface area contributed by atoms with Crippen LogP contribution >= 0.6 is 0 Å². The Morgan fingerprint density at radius 3 is 2.82 bits per heavy atom. The van der Waals surface area contributed by atoms with E-state index in [2.05, 4.69) is 33.4 Å². The van der Waals surface area contributed by atoms with Gasteiger partial charge in [0.05, 0.1) is 13.2 Å². The Morgan fingerprint density at radius 2 is 2.03 bits per heavy atom. The molecule has 38 heavy (non-hydrogen) atoms. The summed E-state index contributed by atoms with van der Waals surface area (Å²) in [4.78, 5) is 15.5. The summed E-state index contributed by atoms with van der Waals surface area (Å²) in [6.07, 6.45) is 6.20. The lowest BCUT2D eigenvalue weighted by atomic mass is 9.76. The number of nitrogens with one attached hydrogen (secondary N) is 1. The molecule has 3 aromatic rings. The van der Waals surface area contributed by atoms with E-state index in [0.717, 1.165) is 47.7 Å². The molecule has 2 aromatic heterocycles. The number of anilines is 2. The Balaban J connectivity index is 1.48. The summed E-state index contributed by atoms with van der Waals surface area (Å²) in [7, 11) is -3.96. The van der Waals surface area contributed by atoms with Crippen LogP contribution in [-0.2, 0) is 29.4 Å². The number of pyridine rings is 1. The summed E-state index contributed by atoms with van der Waals surface area (Å²) in [5, 5.41) is 9.28. The van der Waals surface area contributed by atoms with Gasteiger partial charge >= 0.3 is 0 Å². The number of rotatable bonds is 6. The van der Waals surface area contributed by atoms with Crippen molar-refractivity contribution in [2.75, 3.05) is 30.4 Å². The highest BCUT2D eigenvalue weighted by Gasteiger charge is 2.31. The molecular weight excluding hydrogens is 504 g/mol. The van der Waals surface area contributed by atoms with E-state index in [1.54, 1.807) is 19.4 Å². The maximum Gasteiger partial charge on any atom is 0.244 e. The molecule has 0 spiro atoms. The average molecular weight is 539 g/mol. The van der Waals surface area contributed by atoms with Gasteiger partial charge in [-0.05, 0) is 55.4 Å². The Kier molecular flexibility index (Phi) is 7.01. The van der Waals surface area contributed by atoms with Gasteiger partial charge in [0.2, 0.25) is 10.0 Å². The number of fused-ring (bicyclic) bond motifs is 2. The second kappa shape index (κ2) is 10.1. The number of nitrogens with zero attached hydrogens (tertiary/aromatic N) is 4. The zero-order valence-electron chi connectivity index (χ0n) is 21.9. The van der Waals surface area contributed by atoms with Crippen molar-refractivity contribution in [1.82, 2.24) is 19.7 Å². The minimum absolute atomic E-state index is 0.105. The van der Waals surface area contributed by atoms with E-state index in [4.69, 9.17) is 15.5 Å². The van der Waals surface area contributed by atoms with Crippen molar-refractivity contribution >= 4 is 21.7 Å². The molecule has 1 aliphatic heterocycles. The molecule has 0 fully saturated rings. The molecule has 11 heteroatoms. The van der Waals surface area contributed by atoms with Gasteiger partial charge in [0.15, 0.2) is 0 Å². The monoisotopic (exact) mass is 538 g/mol. The number of sulfonamides is 1. The predicted octanol–water partition coefficient (Wildman–Crippen LogP) is 2.69. The van der Waals surface area contributed by atoms with E-state index in [-0.39, 0.29) is 22.7 Å². The predicted molar refractivity (Wildman–Crippen MR) is 145 cm³/mol. The summed E-state index contributed by atoms with van der Waals surface area (Å²) in [5.74, 6) is 1.64. The topological polar surface area (TPSA) is 144 Å². The van der Waals surface area contributed by atoms with Gasteiger partial charge in [0, 0.05) is 41.2 Å². The summed E-state index contributed by atoms with van der Waals surface area (Å²) in [5.41, 5.74) is 10.8. The number of aromatic nitrogens is 3. The lowest BCUT2D eigenvalue weighted by Crippen LogP contribution is -2.35. The standard InChI is InChI=1S/C27H34N6O4S/c1-17(15-34)32-38(35,36)24-11-19(13-29-25(24)28)18-4-5-23-20(10-18)14-33(8-9-37-23)26-21-12-27(2,3)7-6-22(21)30-16-31-26/h4-5,10-11,13,16-17,32,34H,6-9,12,14-15H2,1-3H3,(H2,28,29). The van der Waals surface area contributed by atoms with E-state index in [1.165, 1.54) is 11.6 Å². The van der Waals surface area contributed by atoms with Gasteiger partial charge in [0.25, 0.3) is 0 Å². The van der Waals surface area contributed by atoms with Crippen LogP contribution in [0.5, 0.6) is 5.75 Å². The fourth-order valence-electron chi connectivity index (χ4n) is 5.08. The zero-order chi connectivity index (χ0) is 27.1. The largest absolute Gasteiger partial charge is 0.491 e. The maximum atomic E-state index is 12.9. The normalized spacial score (nSPS) is 17.6. The summed E-state index contributed by atoms with van der Waals surface area (Å²) < 4.78 is 34.2. The summed E-state index contributed by atoms with van der Waals surface area (Å²) in [6.45, 7) is 7.61. The van der Waals surface area contributed by atoms with Crippen molar-refractivity contribution in [2.24, 2.45) is 5.41 Å². The molecule has 10 nitrogen and oxygen atoms in total. The molecule has 1 aliphatic carbocycles. The zero-order valence-corrected chi connectivity index (χ0v) is 22.8. The van der Waals surface area contributed by atoms with Gasteiger partial charge in [0.1, 0.15) is 35.2 Å². The quantitative estimate of drug-likeness (QED) is 0.431. The number of aliphatic hydroxyl groups is 1. The Bertz CT molecular complexity index is 1460. The first-order valence-electron chi connectivity index (χ1n) is 12.8. The highest BCUT2D eigenvalue weighted by molar-refractivity contribution is 7.89. The van der Waals surface area contributed by atoms with E-state index in [0.29, 0.717) is 25.3 Å². The number of aliphatic hydroxyl groups excluding tert-OH is 1. The second-order valence-electron chi connectivity index (χ2n) is 10.9. The van der Waals surface area contributed by atoms with Gasteiger partial charge < -0.3 is 20.5 Å². The third-order valence-corrected chi connectivity index (χ3v) is 8.80. The molecule has 0 bridgehead atoms. The van der Waals surface area contributed by atoms with Crippen LogP contribution in [0.15, 0.2) is 41.7 Å². The number of hydrogen-bond donors (Lipinski definition) is 3. The van der Waals surface area contributed by atoms with Crippen LogP contribution in [0, 0.1) is 5.41 Å². The van der Waals surface area contributed by atoms with Crippen LogP contribution in [0.25, 0.3) is 11.1 Å². The summed E-state index contributed by atoms with van der Waals surface area (Å²) in [6, 6.07) is 6.64. The molecule has 2 aliphatic rings. The number of nitrogen functional groups attached to an aromatic ring is 1. The van der Waals surface area contributed by atoms with Gasteiger partial charge in [-0.25, -0.2) is 28.1 Å². The molecule has 0 saturated heterocycles. The maximum absolute atomic E-state index is 12.9. The smallest absolute Gasteiger partial charge is 0.244 e. The Hall–Kier alpha value is -3.28. The van der Waals surface area contributed by atoms with Crippen LogP contribution in [0.4, 0.5) is 11.6 Å². The van der Waals surface area contributed by atoms with Gasteiger partial charge in [-0.15, -0.1) is 0 Å². The van der Waals surface area contributed by atoms with E-state index in [1.807, 2.05) is 18.2 Å². The third kappa shape index (κ3) is 5.31. The number of nitrogens with two attached hydrogens (primary N) is 1. The number of ether oxygens (including phenoxy) is 1. The molecule has 3 heterocycles. The molecule has 0 saturated carbocycles. The lowest BCUT2D eigenvalue weighted by molar-refractivity contribution is 0.265. The van der Waals surface area contributed by atoms with E-state index < -0.39 is 16.1 Å². The van der Waals surface area contributed by atoms with Gasteiger partial charge in [-0.2, -0.15) is 0 Å². The number of hydrogen-bond acceptors (Lipinski definition) is 9.